The number of Topliss-reactive ketones (excluding diaryl/α,β-unsaturated/α-hetero) is 1. The van der Waals surface area contributed by atoms with Gasteiger partial charge in [0.15, 0.2) is 5.11 Å². The highest BCUT2D eigenvalue weighted by atomic mass is 32.2. The molecule has 1 aromatic carbocycles. The van der Waals surface area contributed by atoms with Gasteiger partial charge >= 0.3 is 5.97 Å². The molecule has 37 heavy (non-hydrogen) atoms. The summed E-state index contributed by atoms with van der Waals surface area (Å²) in [5, 5.41) is 3.68. The Morgan fingerprint density at radius 3 is 2.46 bits per heavy atom. The van der Waals surface area contributed by atoms with E-state index in [-0.39, 0.29) is 28.8 Å². The molecule has 2 bridgehead atoms. The highest BCUT2D eigenvalue weighted by molar-refractivity contribution is 7.92. The Bertz CT molecular complexity index is 1250. The minimum atomic E-state index is -3.77. The van der Waals surface area contributed by atoms with Crippen LogP contribution in [0.5, 0.6) is 0 Å². The minimum absolute atomic E-state index is 0.0674. The molecule has 1 aliphatic heterocycles. The summed E-state index contributed by atoms with van der Waals surface area (Å²) < 4.78 is 34.6. The van der Waals surface area contributed by atoms with Crippen LogP contribution in [-0.4, -0.2) is 49.6 Å². The van der Waals surface area contributed by atoms with Crippen molar-refractivity contribution in [1.29, 1.82) is 0 Å². The summed E-state index contributed by atoms with van der Waals surface area (Å²) in [6.45, 7) is 10.1. The van der Waals surface area contributed by atoms with Crippen molar-refractivity contribution in [2.45, 2.75) is 59.9 Å². The van der Waals surface area contributed by atoms with Gasteiger partial charge < -0.3 is 15.0 Å². The third kappa shape index (κ3) is 4.90. The summed E-state index contributed by atoms with van der Waals surface area (Å²) in [6.07, 6.45) is 1.98. The second kappa shape index (κ2) is 9.69. The number of anilines is 1. The molecule has 1 aromatic rings. The van der Waals surface area contributed by atoms with Crippen LogP contribution in [0.4, 0.5) is 5.69 Å². The van der Waals surface area contributed by atoms with E-state index in [1.54, 1.807) is 36.2 Å². The first-order valence-corrected chi connectivity index (χ1v) is 14.8. The zero-order valence-electron chi connectivity index (χ0n) is 22.4. The smallest absolute Gasteiger partial charge is 0.338 e. The number of ether oxygens (including phenoxy) is 1. The van der Waals surface area contributed by atoms with E-state index in [0.717, 1.165) is 12.0 Å². The van der Waals surface area contributed by atoms with Crippen molar-refractivity contribution in [3.8, 4) is 0 Å². The van der Waals surface area contributed by atoms with Gasteiger partial charge in [-0.1, -0.05) is 39.8 Å². The van der Waals surface area contributed by atoms with Crippen LogP contribution < -0.4 is 10.0 Å². The molecule has 3 unspecified atom stereocenters. The van der Waals surface area contributed by atoms with Gasteiger partial charge in [-0.3, -0.25) is 9.52 Å². The second-order valence-corrected chi connectivity index (χ2v) is 13.7. The lowest BCUT2D eigenvalue weighted by molar-refractivity contribution is -0.140. The number of thiocarbonyl (C=S) groups is 1. The van der Waals surface area contributed by atoms with Gasteiger partial charge in [0.2, 0.25) is 10.0 Å². The van der Waals surface area contributed by atoms with Crippen molar-refractivity contribution in [2.75, 3.05) is 24.1 Å². The summed E-state index contributed by atoms with van der Waals surface area (Å²) in [5.74, 6) is -0.104. The molecule has 1 heterocycles. The SMILES string of the molecule is CC1=C(C(=O)OCC(C)C)C(c2ccc(NS(=O)(=O)CC34CCC(CC3=O)C4(C)C)cc2)NC(=S)N1C. The van der Waals surface area contributed by atoms with Crippen LogP contribution in [0, 0.1) is 22.7 Å². The maximum absolute atomic E-state index is 13.2. The van der Waals surface area contributed by atoms with E-state index in [9.17, 15) is 18.0 Å². The summed E-state index contributed by atoms with van der Waals surface area (Å²) >= 11 is 5.46. The normalized spacial score (nSPS) is 27.1. The number of fused-ring (bicyclic) bond motifs is 2. The number of benzene rings is 1. The lowest BCUT2D eigenvalue weighted by atomic mass is 9.70. The van der Waals surface area contributed by atoms with Crippen LogP contribution in [0.3, 0.4) is 0 Å². The van der Waals surface area contributed by atoms with E-state index in [2.05, 4.69) is 10.0 Å². The number of allylic oxidation sites excluding steroid dienone is 1. The van der Waals surface area contributed by atoms with Crippen molar-refractivity contribution in [3.63, 3.8) is 0 Å². The fraction of sp³-hybridized carbons (Fsp3) is 0.593. The van der Waals surface area contributed by atoms with E-state index in [1.165, 1.54) is 0 Å². The second-order valence-electron chi connectivity index (χ2n) is 11.6. The predicted molar refractivity (Wildman–Crippen MR) is 147 cm³/mol. The molecule has 2 saturated carbocycles. The largest absolute Gasteiger partial charge is 0.462 e. The van der Waals surface area contributed by atoms with Crippen molar-refractivity contribution in [3.05, 3.63) is 41.1 Å². The fourth-order valence-corrected chi connectivity index (χ4v) is 8.21. The highest BCUT2D eigenvalue weighted by Crippen LogP contribution is 2.64. The Hall–Kier alpha value is -2.46. The molecular formula is C27H37N3O5S2. The average Bonchev–Trinajstić information content (AvgIpc) is 3.15. The molecule has 3 aliphatic rings. The molecule has 202 valence electrons. The molecule has 0 saturated heterocycles. The van der Waals surface area contributed by atoms with Gasteiger partial charge in [0.05, 0.1) is 29.4 Å². The molecule has 0 spiro atoms. The topological polar surface area (TPSA) is 105 Å². The number of rotatable bonds is 8. The van der Waals surface area contributed by atoms with E-state index in [0.29, 0.717) is 41.5 Å². The zero-order valence-corrected chi connectivity index (χ0v) is 24.0. The molecule has 0 amide bonds. The first-order valence-electron chi connectivity index (χ1n) is 12.7. The molecule has 0 radical (unpaired) electrons. The van der Waals surface area contributed by atoms with Crippen LogP contribution >= 0.6 is 12.2 Å². The zero-order chi connectivity index (χ0) is 27.3. The number of hydrogen-bond acceptors (Lipinski definition) is 6. The number of nitrogens with zero attached hydrogens (tertiary/aromatic N) is 1. The number of esters is 1. The summed E-state index contributed by atoms with van der Waals surface area (Å²) in [4.78, 5) is 27.5. The standard InChI is InChI=1S/C27H37N3O5S2/c1-16(2)14-35-24(32)22-17(3)30(6)25(36)28-23(22)18-7-9-20(10-8-18)29-37(33,34)15-27-12-11-19(13-21(27)31)26(27,4)5/h7-10,16,19,23,29H,11-15H2,1-6H3,(H,28,36). The Balaban J connectivity index is 1.54. The van der Waals surface area contributed by atoms with Gasteiger partial charge in [-0.2, -0.15) is 0 Å². The number of carbonyl (C=O) groups is 2. The van der Waals surface area contributed by atoms with E-state index < -0.39 is 27.4 Å². The Morgan fingerprint density at radius 2 is 1.92 bits per heavy atom. The van der Waals surface area contributed by atoms with Crippen LogP contribution in [0.1, 0.15) is 65.5 Å². The lowest BCUT2D eigenvalue weighted by Gasteiger charge is -2.36. The molecule has 4 rings (SSSR count). The van der Waals surface area contributed by atoms with Gasteiger partial charge in [-0.15, -0.1) is 0 Å². The first-order chi connectivity index (χ1) is 17.2. The summed E-state index contributed by atoms with van der Waals surface area (Å²) in [7, 11) is -1.98. The van der Waals surface area contributed by atoms with Gasteiger partial charge in [0.25, 0.3) is 0 Å². The number of carbonyl (C=O) groups excluding carboxylic acids is 2. The molecule has 2 aliphatic carbocycles. The molecule has 3 atom stereocenters. The van der Waals surface area contributed by atoms with Gasteiger partial charge in [-0.05, 0) is 66.9 Å². The molecule has 10 heteroatoms. The highest BCUT2D eigenvalue weighted by Gasteiger charge is 2.65. The number of nitrogens with one attached hydrogen (secondary N) is 2. The Labute approximate surface area is 225 Å². The fourth-order valence-electron chi connectivity index (χ4n) is 6.06. The molecular weight excluding hydrogens is 510 g/mol. The van der Waals surface area contributed by atoms with Gasteiger partial charge in [0.1, 0.15) is 5.78 Å². The number of hydrogen-bond donors (Lipinski definition) is 2. The van der Waals surface area contributed by atoms with Crippen LogP contribution in [0.25, 0.3) is 0 Å². The predicted octanol–water partition coefficient (Wildman–Crippen LogP) is 4.16. The number of sulfonamides is 1. The molecule has 8 nitrogen and oxygen atoms in total. The van der Waals surface area contributed by atoms with Crippen molar-refractivity contribution in [1.82, 2.24) is 10.2 Å². The van der Waals surface area contributed by atoms with Crippen LogP contribution in [0.15, 0.2) is 35.5 Å². The van der Waals surface area contributed by atoms with E-state index >= 15 is 0 Å². The van der Waals surface area contributed by atoms with Crippen molar-refractivity contribution >= 4 is 44.8 Å². The summed E-state index contributed by atoms with van der Waals surface area (Å²) in [6, 6.07) is 6.33. The third-order valence-electron chi connectivity index (χ3n) is 8.61. The average molecular weight is 548 g/mol. The monoisotopic (exact) mass is 547 g/mol. The molecule has 2 fully saturated rings. The molecule has 0 aromatic heterocycles. The van der Waals surface area contributed by atoms with E-state index in [1.807, 2.05) is 34.6 Å². The number of ketones is 1. The lowest BCUT2D eigenvalue weighted by Crippen LogP contribution is -2.46. The van der Waals surface area contributed by atoms with Crippen LogP contribution in [0.2, 0.25) is 0 Å². The third-order valence-corrected chi connectivity index (χ3v) is 10.4. The van der Waals surface area contributed by atoms with E-state index in [4.69, 9.17) is 17.0 Å². The maximum atomic E-state index is 13.2. The van der Waals surface area contributed by atoms with Gasteiger partial charge in [-0.25, -0.2) is 13.2 Å². The minimum Gasteiger partial charge on any atom is -0.462 e. The molecule has 2 N–H and O–H groups in total. The maximum Gasteiger partial charge on any atom is 0.338 e. The first kappa shape index (κ1) is 27.6. The summed E-state index contributed by atoms with van der Waals surface area (Å²) in [5.41, 5.74) is 1.15. The van der Waals surface area contributed by atoms with Crippen LogP contribution in [-0.2, 0) is 24.3 Å². The van der Waals surface area contributed by atoms with Crippen molar-refractivity contribution in [2.24, 2.45) is 22.7 Å². The van der Waals surface area contributed by atoms with Gasteiger partial charge in [0, 0.05) is 24.9 Å². The Kier molecular flexibility index (Phi) is 7.22. The van der Waals surface area contributed by atoms with Crippen molar-refractivity contribution < 1.29 is 22.7 Å². The Morgan fingerprint density at radius 1 is 1.27 bits per heavy atom. The quantitative estimate of drug-likeness (QED) is 0.369.